The molecule has 20 heavy (non-hydrogen) atoms. The van der Waals surface area contributed by atoms with Crippen LogP contribution in [0.15, 0.2) is 18.2 Å². The van der Waals surface area contributed by atoms with Crippen LogP contribution in [0, 0.1) is 21.3 Å². The van der Waals surface area contributed by atoms with Gasteiger partial charge in [-0.2, -0.15) is 0 Å². The highest BCUT2D eigenvalue weighted by Gasteiger charge is 2.41. The monoisotopic (exact) mass is 304 g/mol. The number of halogens is 2. The van der Waals surface area contributed by atoms with E-state index in [0.717, 1.165) is 18.2 Å². The first-order chi connectivity index (χ1) is 8.81. The minimum absolute atomic E-state index is 0. The summed E-state index contributed by atoms with van der Waals surface area (Å²) in [4.78, 5) is 21.7. The molecule has 1 aliphatic rings. The van der Waals surface area contributed by atoms with Crippen molar-refractivity contribution in [1.82, 2.24) is 5.32 Å². The topological polar surface area (TPSA) is 81.5 Å². The molecule has 0 aliphatic carbocycles. The molecule has 1 saturated heterocycles. The molecule has 1 aliphatic heterocycles. The summed E-state index contributed by atoms with van der Waals surface area (Å²) in [5.74, 6) is -0.586. The van der Waals surface area contributed by atoms with Crippen LogP contribution in [0.1, 0.15) is 25.5 Å². The zero-order chi connectivity index (χ0) is 14.2. The Morgan fingerprint density at radius 1 is 1.50 bits per heavy atom. The van der Waals surface area contributed by atoms with Gasteiger partial charge in [0.05, 0.1) is 16.5 Å². The summed E-state index contributed by atoms with van der Waals surface area (Å²) in [5.41, 5.74) is -0.653. The van der Waals surface area contributed by atoms with Gasteiger partial charge in [-0.25, -0.2) is 9.18 Å². The van der Waals surface area contributed by atoms with E-state index in [2.05, 4.69) is 5.32 Å². The summed E-state index contributed by atoms with van der Waals surface area (Å²) in [7, 11) is 0. The Morgan fingerprint density at radius 2 is 2.15 bits per heavy atom. The van der Waals surface area contributed by atoms with Crippen LogP contribution < -0.4 is 5.32 Å². The predicted octanol–water partition coefficient (Wildman–Crippen LogP) is 2.96. The normalized spacial score (nSPS) is 20.4. The van der Waals surface area contributed by atoms with Gasteiger partial charge < -0.3 is 10.1 Å². The molecule has 0 aromatic heterocycles. The van der Waals surface area contributed by atoms with Gasteiger partial charge in [0.15, 0.2) is 0 Å². The van der Waals surface area contributed by atoms with Gasteiger partial charge in [0.2, 0.25) is 0 Å². The highest BCUT2D eigenvalue weighted by atomic mass is 35.5. The van der Waals surface area contributed by atoms with E-state index in [1.165, 1.54) is 0 Å². The maximum atomic E-state index is 13.3. The molecule has 0 saturated carbocycles. The van der Waals surface area contributed by atoms with E-state index < -0.39 is 28.3 Å². The number of nitro groups is 1. The fourth-order valence-corrected chi connectivity index (χ4v) is 2.11. The third kappa shape index (κ3) is 2.98. The molecular formula is C12H14ClFN2O4. The predicted molar refractivity (Wildman–Crippen MR) is 71.3 cm³/mol. The van der Waals surface area contributed by atoms with E-state index in [9.17, 15) is 19.3 Å². The summed E-state index contributed by atoms with van der Waals surface area (Å²) >= 11 is 0. The third-order valence-corrected chi connectivity index (χ3v) is 3.12. The second-order valence-electron chi connectivity index (χ2n) is 5.10. The smallest absolute Gasteiger partial charge is 0.407 e. The summed E-state index contributed by atoms with van der Waals surface area (Å²) < 4.78 is 18.2. The van der Waals surface area contributed by atoms with Crippen molar-refractivity contribution in [3.8, 4) is 0 Å². The lowest BCUT2D eigenvalue weighted by Gasteiger charge is -2.38. The molecule has 1 atom stereocenters. The maximum Gasteiger partial charge on any atom is 0.407 e. The van der Waals surface area contributed by atoms with Crippen molar-refractivity contribution in [3.63, 3.8) is 0 Å². The largest absolute Gasteiger partial charge is 0.449 e. The van der Waals surface area contributed by atoms with Gasteiger partial charge >= 0.3 is 6.09 Å². The Morgan fingerprint density at radius 3 is 2.75 bits per heavy atom. The minimum atomic E-state index is -0.676. The molecule has 1 N–H and O–H groups in total. The van der Waals surface area contributed by atoms with Gasteiger partial charge in [-0.15, -0.1) is 12.4 Å². The highest BCUT2D eigenvalue weighted by molar-refractivity contribution is 5.85. The van der Waals surface area contributed by atoms with Crippen molar-refractivity contribution >= 4 is 24.2 Å². The molecule has 0 spiro atoms. The first-order valence-corrected chi connectivity index (χ1v) is 5.68. The van der Waals surface area contributed by atoms with Gasteiger partial charge in [0, 0.05) is 11.5 Å². The van der Waals surface area contributed by atoms with E-state index in [-0.39, 0.29) is 30.3 Å². The van der Waals surface area contributed by atoms with Gasteiger partial charge in [0.1, 0.15) is 12.4 Å². The van der Waals surface area contributed by atoms with E-state index in [4.69, 9.17) is 4.74 Å². The molecule has 6 nitrogen and oxygen atoms in total. The van der Waals surface area contributed by atoms with E-state index in [0.29, 0.717) is 0 Å². The van der Waals surface area contributed by atoms with Crippen molar-refractivity contribution in [2.45, 2.75) is 19.9 Å². The number of nitro benzene ring substituents is 1. The number of hydrogen-bond donors (Lipinski definition) is 1. The molecule has 1 aromatic rings. The van der Waals surface area contributed by atoms with Crippen LogP contribution in [0.25, 0.3) is 0 Å². The molecule has 1 amide bonds. The quantitative estimate of drug-likeness (QED) is 0.672. The number of carbonyl (C=O) groups excluding carboxylic acids is 1. The Balaban J connectivity index is 0.00000200. The SMILES string of the molecule is CC1(C)COC(=O)N[C@@H]1c1cc(F)ccc1[N+](=O)[O-].Cl. The molecule has 0 radical (unpaired) electrons. The summed E-state index contributed by atoms with van der Waals surface area (Å²) in [6.45, 7) is 3.68. The van der Waals surface area contributed by atoms with Gasteiger partial charge in [-0.3, -0.25) is 10.1 Å². The van der Waals surface area contributed by atoms with Crippen molar-refractivity contribution < 1.29 is 18.8 Å². The van der Waals surface area contributed by atoms with Crippen molar-refractivity contribution in [3.05, 3.63) is 39.7 Å². The highest BCUT2D eigenvalue weighted by Crippen LogP contribution is 2.40. The third-order valence-electron chi connectivity index (χ3n) is 3.12. The Bertz CT molecular complexity index is 550. The molecule has 110 valence electrons. The fourth-order valence-electron chi connectivity index (χ4n) is 2.11. The van der Waals surface area contributed by atoms with Crippen LogP contribution in [0.5, 0.6) is 0 Å². The number of ether oxygens (including phenoxy) is 1. The number of benzene rings is 1. The number of nitrogens with zero attached hydrogens (tertiary/aromatic N) is 1. The van der Waals surface area contributed by atoms with E-state index in [1.807, 2.05) is 0 Å². The average Bonchev–Trinajstić information content (AvgIpc) is 2.32. The van der Waals surface area contributed by atoms with Crippen LogP contribution in [-0.4, -0.2) is 17.6 Å². The number of hydrogen-bond acceptors (Lipinski definition) is 4. The molecule has 0 unspecified atom stereocenters. The molecule has 8 heteroatoms. The van der Waals surface area contributed by atoms with Gasteiger partial charge in [-0.05, 0) is 12.1 Å². The molecular weight excluding hydrogens is 291 g/mol. The Kier molecular flexibility index (Phi) is 4.54. The standard InChI is InChI=1S/C12H13FN2O4.ClH/c1-12(2)6-19-11(16)14-10(12)8-5-7(13)3-4-9(8)15(17)18;/h3-5,10H,6H2,1-2H3,(H,14,16);1H/t10-;/m1./s1. The van der Waals surface area contributed by atoms with Crippen LogP contribution in [0.4, 0.5) is 14.9 Å². The van der Waals surface area contributed by atoms with Crippen molar-refractivity contribution in [1.29, 1.82) is 0 Å². The van der Waals surface area contributed by atoms with E-state index >= 15 is 0 Å². The first kappa shape index (κ1) is 16.2. The summed E-state index contributed by atoms with van der Waals surface area (Å²) in [5, 5.41) is 13.5. The second kappa shape index (κ2) is 5.62. The van der Waals surface area contributed by atoms with E-state index in [1.54, 1.807) is 13.8 Å². The van der Waals surface area contributed by atoms with Crippen LogP contribution >= 0.6 is 12.4 Å². The van der Waals surface area contributed by atoms with Crippen LogP contribution in [0.2, 0.25) is 0 Å². The zero-order valence-corrected chi connectivity index (χ0v) is 11.7. The van der Waals surface area contributed by atoms with Crippen LogP contribution in [0.3, 0.4) is 0 Å². The molecule has 2 rings (SSSR count). The van der Waals surface area contributed by atoms with Crippen molar-refractivity contribution in [2.24, 2.45) is 5.41 Å². The minimum Gasteiger partial charge on any atom is -0.449 e. The molecule has 1 heterocycles. The van der Waals surface area contributed by atoms with Gasteiger partial charge in [0.25, 0.3) is 5.69 Å². The second-order valence-corrected chi connectivity index (χ2v) is 5.10. The summed E-state index contributed by atoms with van der Waals surface area (Å²) in [6, 6.07) is 2.53. The molecule has 1 fully saturated rings. The number of nitrogens with one attached hydrogen (secondary N) is 1. The Labute approximate surface area is 120 Å². The number of alkyl carbamates (subject to hydrolysis) is 1. The lowest BCUT2D eigenvalue weighted by atomic mass is 9.80. The molecule has 0 bridgehead atoms. The van der Waals surface area contributed by atoms with Gasteiger partial charge in [-0.1, -0.05) is 13.8 Å². The van der Waals surface area contributed by atoms with Crippen molar-refractivity contribution in [2.75, 3.05) is 6.61 Å². The Hall–Kier alpha value is -1.89. The average molecular weight is 305 g/mol. The lowest BCUT2D eigenvalue weighted by molar-refractivity contribution is -0.386. The first-order valence-electron chi connectivity index (χ1n) is 5.68. The fraction of sp³-hybridized carbons (Fsp3) is 0.417. The molecule has 1 aromatic carbocycles. The number of amides is 1. The van der Waals surface area contributed by atoms with Crippen LogP contribution in [-0.2, 0) is 4.74 Å². The number of cyclic esters (lactones) is 1. The maximum absolute atomic E-state index is 13.3. The lowest BCUT2D eigenvalue weighted by Crippen LogP contribution is -2.47. The zero-order valence-electron chi connectivity index (χ0n) is 10.9. The summed E-state index contributed by atoms with van der Waals surface area (Å²) in [6.07, 6.45) is -0.664. The number of rotatable bonds is 2. The number of carbonyl (C=O) groups is 1.